The number of hydrogen-bond donors (Lipinski definition) is 2. The third-order valence-corrected chi connectivity index (χ3v) is 11.5. The summed E-state index contributed by atoms with van der Waals surface area (Å²) in [6.45, 7) is 7.50. The molecule has 0 radical (unpaired) electrons. The number of aromatic nitrogens is 1. The Kier molecular flexibility index (Phi) is 5.60. The molecule has 2 aliphatic heterocycles. The van der Waals surface area contributed by atoms with Gasteiger partial charge in [-0.15, -0.1) is 11.8 Å². The number of thiazole rings is 1. The summed E-state index contributed by atoms with van der Waals surface area (Å²) in [6.07, 6.45) is 0.789. The number of fused-ring (bicyclic) bond motifs is 9. The highest BCUT2D eigenvalue weighted by Gasteiger charge is 2.70. The number of anilines is 1. The van der Waals surface area contributed by atoms with Crippen LogP contribution in [-0.4, -0.2) is 57.2 Å². The van der Waals surface area contributed by atoms with E-state index in [1.54, 1.807) is 11.8 Å². The number of aliphatic carboxylic acids is 1. The van der Waals surface area contributed by atoms with E-state index in [0.717, 1.165) is 45.6 Å². The molecule has 0 unspecified atom stereocenters. The molecule has 4 aliphatic rings. The number of amides is 2. The van der Waals surface area contributed by atoms with Crippen LogP contribution in [0.15, 0.2) is 34.1 Å². The number of aromatic amines is 1. The minimum atomic E-state index is -1.17. The number of carbonyl (C=O) groups is 3. The van der Waals surface area contributed by atoms with Crippen molar-refractivity contribution in [3.63, 3.8) is 0 Å². The standard InChI is InChI=1S/C26H29N3O5S2/c1-4-28(5-2)13-8-6-12(7-9-13)16-17-14-10-15(20(17)35-22-21(16)36-26(34)27-22)19-18(14)23(30)29(24(19)31)11(3)25(32)33/h6-9,11,14-20H,4-5,10H2,1-3H3,(H,27,34)(H,32,33)/t11-,14-,15+,16+,17+,18+,19+,20-/m0/s1. The Morgan fingerprint density at radius 1 is 1.11 bits per heavy atom. The fraction of sp³-hybridized carbons (Fsp3) is 0.538. The highest BCUT2D eigenvalue weighted by molar-refractivity contribution is 8.00. The Labute approximate surface area is 217 Å². The topological polar surface area (TPSA) is 111 Å². The van der Waals surface area contributed by atoms with Crippen LogP contribution in [0.4, 0.5) is 5.69 Å². The number of benzene rings is 1. The van der Waals surface area contributed by atoms with Gasteiger partial charge >= 0.3 is 10.8 Å². The van der Waals surface area contributed by atoms with Crippen molar-refractivity contribution in [1.29, 1.82) is 0 Å². The smallest absolute Gasteiger partial charge is 0.326 e. The highest BCUT2D eigenvalue weighted by Crippen LogP contribution is 2.68. The number of H-pyrrole nitrogens is 1. The first kappa shape index (κ1) is 23.8. The Bertz CT molecular complexity index is 1300. The minimum absolute atomic E-state index is 0.00792. The summed E-state index contributed by atoms with van der Waals surface area (Å²) in [5, 5.41) is 10.5. The molecular formula is C26H29N3O5S2. The maximum absolute atomic E-state index is 13.5. The molecule has 2 amide bonds. The van der Waals surface area contributed by atoms with Gasteiger partial charge in [0.25, 0.3) is 0 Å². The number of nitrogens with one attached hydrogen (secondary N) is 1. The summed E-state index contributed by atoms with van der Waals surface area (Å²) in [5.74, 6) is -2.72. The van der Waals surface area contributed by atoms with E-state index in [9.17, 15) is 24.3 Å². The molecule has 2 saturated carbocycles. The van der Waals surface area contributed by atoms with Gasteiger partial charge < -0.3 is 15.0 Å². The Morgan fingerprint density at radius 3 is 2.36 bits per heavy atom. The van der Waals surface area contributed by atoms with Crippen molar-refractivity contribution in [2.24, 2.45) is 29.6 Å². The molecule has 0 spiro atoms. The summed E-state index contributed by atoms with van der Waals surface area (Å²) in [6, 6.07) is 7.38. The van der Waals surface area contributed by atoms with Crippen LogP contribution in [0.1, 0.15) is 43.6 Å². The first-order chi connectivity index (χ1) is 17.3. The summed E-state index contributed by atoms with van der Waals surface area (Å²) in [4.78, 5) is 58.1. The molecule has 1 aromatic heterocycles. The zero-order valence-electron chi connectivity index (χ0n) is 20.3. The van der Waals surface area contributed by atoms with E-state index >= 15 is 0 Å². The number of carboxylic acids is 1. The Hall–Kier alpha value is -2.59. The molecule has 3 fully saturated rings. The molecule has 2 N–H and O–H groups in total. The minimum Gasteiger partial charge on any atom is -0.480 e. The van der Waals surface area contributed by atoms with Crippen molar-refractivity contribution in [3.8, 4) is 0 Å². The average Bonchev–Trinajstić information content (AvgIpc) is 3.58. The van der Waals surface area contributed by atoms with E-state index < -0.39 is 23.8 Å². The number of thioether (sulfide) groups is 1. The van der Waals surface area contributed by atoms with E-state index in [2.05, 4.69) is 48.0 Å². The molecule has 1 saturated heterocycles. The molecule has 8 nitrogen and oxygen atoms in total. The van der Waals surface area contributed by atoms with Crippen LogP contribution in [0.2, 0.25) is 0 Å². The third-order valence-electron chi connectivity index (χ3n) is 8.88. The maximum atomic E-state index is 13.5. The Balaban J connectivity index is 1.41. The number of likely N-dealkylation sites (tertiary alicyclic amines) is 1. The lowest BCUT2D eigenvalue weighted by Gasteiger charge is -2.43. The van der Waals surface area contributed by atoms with Gasteiger partial charge in [0.15, 0.2) is 0 Å². The normalized spacial score (nSPS) is 32.9. The van der Waals surface area contributed by atoms with Gasteiger partial charge in [-0.2, -0.15) is 0 Å². The van der Waals surface area contributed by atoms with Crippen LogP contribution in [-0.2, 0) is 14.4 Å². The quantitative estimate of drug-likeness (QED) is 0.555. The monoisotopic (exact) mass is 527 g/mol. The second-order valence-corrected chi connectivity index (χ2v) is 12.5. The molecule has 190 valence electrons. The largest absolute Gasteiger partial charge is 0.480 e. The summed E-state index contributed by atoms with van der Waals surface area (Å²) in [5.41, 5.74) is 2.27. The van der Waals surface area contributed by atoms with Crippen LogP contribution in [0, 0.1) is 29.6 Å². The lowest BCUT2D eigenvalue weighted by atomic mass is 9.68. The average molecular weight is 528 g/mol. The number of rotatable bonds is 6. The number of nitrogens with zero attached hydrogens (tertiary/aromatic N) is 2. The van der Waals surface area contributed by atoms with Gasteiger partial charge in [0, 0.05) is 34.8 Å². The van der Waals surface area contributed by atoms with E-state index in [1.165, 1.54) is 18.3 Å². The lowest BCUT2D eigenvalue weighted by Crippen LogP contribution is -2.44. The van der Waals surface area contributed by atoms with Crippen molar-refractivity contribution in [2.75, 3.05) is 18.0 Å². The van der Waals surface area contributed by atoms with Gasteiger partial charge in [-0.1, -0.05) is 23.5 Å². The second kappa shape index (κ2) is 8.48. The van der Waals surface area contributed by atoms with Crippen LogP contribution in [0.25, 0.3) is 0 Å². The summed E-state index contributed by atoms with van der Waals surface area (Å²) in [7, 11) is 0. The molecule has 10 heteroatoms. The predicted octanol–water partition coefficient (Wildman–Crippen LogP) is 3.23. The summed E-state index contributed by atoms with van der Waals surface area (Å²) < 4.78 is 0. The fourth-order valence-electron chi connectivity index (χ4n) is 7.39. The van der Waals surface area contributed by atoms with Crippen molar-refractivity contribution in [1.82, 2.24) is 9.88 Å². The lowest BCUT2D eigenvalue weighted by molar-refractivity contribution is -0.154. The zero-order valence-corrected chi connectivity index (χ0v) is 22.0. The fourth-order valence-corrected chi connectivity index (χ4v) is 10.3. The number of imide groups is 1. The maximum Gasteiger partial charge on any atom is 0.326 e. The molecule has 2 bridgehead atoms. The first-order valence-electron chi connectivity index (χ1n) is 12.6. The van der Waals surface area contributed by atoms with Gasteiger partial charge in [0.1, 0.15) is 6.04 Å². The van der Waals surface area contributed by atoms with E-state index in [0.29, 0.717) is 0 Å². The highest BCUT2D eigenvalue weighted by atomic mass is 32.2. The number of hydrogen-bond acceptors (Lipinski definition) is 7. The predicted molar refractivity (Wildman–Crippen MR) is 137 cm³/mol. The SMILES string of the molecule is CCN(CC)c1ccc([C@H]2c3sc(=O)[nH]c3S[C@H]3[C@@H]4C[C@H]([C@H]5C(=O)N([C@@H](C)C(=O)O)C(=O)[C@H]45)[C@H]23)cc1. The molecule has 1 aromatic carbocycles. The van der Waals surface area contributed by atoms with Gasteiger partial charge in [-0.25, -0.2) is 4.79 Å². The van der Waals surface area contributed by atoms with Crippen molar-refractivity contribution >= 4 is 46.6 Å². The van der Waals surface area contributed by atoms with Crippen LogP contribution >= 0.6 is 23.1 Å². The van der Waals surface area contributed by atoms with Gasteiger partial charge in [-0.3, -0.25) is 19.3 Å². The van der Waals surface area contributed by atoms with Crippen molar-refractivity contribution in [2.45, 2.75) is 49.4 Å². The number of carbonyl (C=O) groups excluding carboxylic acids is 2. The van der Waals surface area contributed by atoms with Gasteiger partial charge in [0.05, 0.1) is 16.9 Å². The second-order valence-electron chi connectivity index (χ2n) is 10.3. The molecule has 2 aliphatic carbocycles. The third kappa shape index (κ3) is 3.19. The molecule has 2 aromatic rings. The molecule has 8 atom stereocenters. The van der Waals surface area contributed by atoms with Crippen molar-refractivity contribution in [3.05, 3.63) is 44.4 Å². The molecule has 36 heavy (non-hydrogen) atoms. The van der Waals surface area contributed by atoms with Gasteiger partial charge in [-0.05, 0) is 62.6 Å². The number of carboxylic acid groups (broad SMARTS) is 1. The van der Waals surface area contributed by atoms with Gasteiger partial charge in [0.2, 0.25) is 11.8 Å². The van der Waals surface area contributed by atoms with Crippen LogP contribution in [0.5, 0.6) is 0 Å². The van der Waals surface area contributed by atoms with Crippen molar-refractivity contribution < 1.29 is 19.5 Å². The van der Waals surface area contributed by atoms with E-state index in [1.807, 2.05) is 0 Å². The zero-order chi connectivity index (χ0) is 25.5. The van der Waals surface area contributed by atoms with Crippen LogP contribution < -0.4 is 9.77 Å². The molecule has 3 heterocycles. The van der Waals surface area contributed by atoms with E-state index in [-0.39, 0.29) is 45.6 Å². The van der Waals surface area contributed by atoms with Crippen LogP contribution in [0.3, 0.4) is 0 Å². The summed E-state index contributed by atoms with van der Waals surface area (Å²) >= 11 is 2.88. The Morgan fingerprint density at radius 2 is 1.75 bits per heavy atom. The molecule has 6 rings (SSSR count). The molecular weight excluding hydrogens is 498 g/mol. The first-order valence-corrected chi connectivity index (χ1v) is 14.3. The van der Waals surface area contributed by atoms with E-state index in [4.69, 9.17) is 0 Å².